The summed E-state index contributed by atoms with van der Waals surface area (Å²) < 4.78 is 9.45. The number of aromatic carboxylic acids is 2. The van der Waals surface area contributed by atoms with Crippen LogP contribution in [0.3, 0.4) is 0 Å². The first-order chi connectivity index (χ1) is 13.3. The van der Waals surface area contributed by atoms with Gasteiger partial charge in [-0.2, -0.15) is 0 Å². The van der Waals surface area contributed by atoms with Gasteiger partial charge < -0.3 is 29.3 Å². The number of carboxylic acid groups (broad SMARTS) is 2. The van der Waals surface area contributed by atoms with Crippen LogP contribution in [-0.2, 0) is 29.0 Å². The van der Waals surface area contributed by atoms with Crippen molar-refractivity contribution in [1.29, 1.82) is 0 Å². The fourth-order valence-corrected chi connectivity index (χ4v) is 1.91. The summed E-state index contributed by atoms with van der Waals surface area (Å²) in [5, 5.41) is 20.8. The average molecular weight is 452 g/mol. The van der Waals surface area contributed by atoms with Crippen molar-refractivity contribution in [2.75, 3.05) is 13.2 Å². The van der Waals surface area contributed by atoms with Gasteiger partial charge in [0.2, 0.25) is 0 Å². The predicted octanol–water partition coefficient (Wildman–Crippen LogP) is 0.451. The Morgan fingerprint density at radius 3 is 1.07 bits per heavy atom. The third-order valence-electron chi connectivity index (χ3n) is 3.26. The average Bonchev–Trinajstić information content (AvgIpc) is 2.69. The van der Waals surface area contributed by atoms with E-state index in [2.05, 4.69) is 0 Å². The summed E-state index contributed by atoms with van der Waals surface area (Å²) in [5.41, 5.74) is 0.741. The topological polar surface area (TPSA) is 133 Å². The first-order valence-electron chi connectivity index (χ1n) is 8.27. The molecular weight excluding hydrogens is 434 g/mol. The number of carboxylic acids is 2. The van der Waals surface area contributed by atoms with Crippen molar-refractivity contribution < 1.29 is 58.3 Å². The molecule has 0 fully saturated rings. The van der Waals surface area contributed by atoms with E-state index in [4.69, 9.17) is 9.47 Å². The normalized spacial score (nSPS) is 9.17. The van der Waals surface area contributed by atoms with E-state index in [0.717, 1.165) is 0 Å². The number of ether oxygens (including phenoxy) is 2. The third kappa shape index (κ3) is 8.66. The summed E-state index contributed by atoms with van der Waals surface area (Å²) in [7, 11) is 0. The Bertz CT molecular complexity index is 757. The minimum atomic E-state index is -1.26. The molecule has 0 heterocycles. The smallest absolute Gasteiger partial charge is 0.545 e. The maximum Gasteiger partial charge on any atom is 2.00 e. The number of benzene rings is 2. The van der Waals surface area contributed by atoms with E-state index in [9.17, 15) is 29.4 Å². The standard InChI is InChI=1S/2C10H10O4.Zn/c2*1-2-14-10(13)8-5-3-7(4-6-8)9(11)12;/h2*3-6H,2H2,1H3,(H,11,12);/q;;+2/p-2. The fourth-order valence-electron chi connectivity index (χ4n) is 1.91. The first-order valence-corrected chi connectivity index (χ1v) is 8.27. The summed E-state index contributed by atoms with van der Waals surface area (Å²) in [4.78, 5) is 43.0. The molecule has 29 heavy (non-hydrogen) atoms. The van der Waals surface area contributed by atoms with Crippen LogP contribution >= 0.6 is 0 Å². The zero-order valence-corrected chi connectivity index (χ0v) is 19.0. The van der Waals surface area contributed by atoms with Crippen LogP contribution < -0.4 is 10.2 Å². The van der Waals surface area contributed by atoms with Gasteiger partial charge >= 0.3 is 31.4 Å². The SMILES string of the molecule is CCOC(=O)c1ccc(C(=O)[O-])cc1.CCOC(=O)c1ccc(C(=O)[O-])cc1.[Zn+2]. The van der Waals surface area contributed by atoms with Crippen molar-refractivity contribution in [3.8, 4) is 0 Å². The van der Waals surface area contributed by atoms with Gasteiger partial charge in [0.1, 0.15) is 0 Å². The number of hydrogen-bond donors (Lipinski definition) is 0. The van der Waals surface area contributed by atoms with Gasteiger partial charge in [0.25, 0.3) is 0 Å². The van der Waals surface area contributed by atoms with E-state index in [0.29, 0.717) is 24.3 Å². The molecule has 148 valence electrons. The number of hydrogen-bond acceptors (Lipinski definition) is 8. The molecule has 0 unspecified atom stereocenters. The van der Waals surface area contributed by atoms with Crippen molar-refractivity contribution in [3.05, 3.63) is 70.8 Å². The summed E-state index contributed by atoms with van der Waals surface area (Å²) in [6.07, 6.45) is 0. The Morgan fingerprint density at radius 2 is 0.862 bits per heavy atom. The van der Waals surface area contributed by atoms with Gasteiger partial charge in [-0.3, -0.25) is 0 Å². The molecule has 0 radical (unpaired) electrons. The maximum absolute atomic E-state index is 11.1. The molecule has 8 nitrogen and oxygen atoms in total. The van der Waals surface area contributed by atoms with Crippen molar-refractivity contribution in [3.63, 3.8) is 0 Å². The van der Waals surface area contributed by atoms with E-state index in [1.165, 1.54) is 48.5 Å². The van der Waals surface area contributed by atoms with E-state index in [-0.39, 0.29) is 30.6 Å². The minimum absolute atomic E-state index is 0. The van der Waals surface area contributed by atoms with Gasteiger partial charge in [0.05, 0.1) is 36.3 Å². The number of esters is 2. The Labute approximate surface area is 180 Å². The molecule has 0 atom stereocenters. The molecule has 0 saturated carbocycles. The van der Waals surface area contributed by atoms with Gasteiger partial charge in [-0.15, -0.1) is 0 Å². The Hall–Kier alpha value is -3.06. The Balaban J connectivity index is 0.000000523. The van der Waals surface area contributed by atoms with Crippen LogP contribution in [0.25, 0.3) is 0 Å². The number of carbonyl (C=O) groups is 4. The summed E-state index contributed by atoms with van der Waals surface area (Å²) >= 11 is 0. The number of rotatable bonds is 6. The van der Waals surface area contributed by atoms with E-state index < -0.39 is 23.9 Å². The second kappa shape index (κ2) is 13.2. The molecule has 0 aliphatic carbocycles. The number of carbonyl (C=O) groups excluding carboxylic acids is 4. The molecule has 0 N–H and O–H groups in total. The van der Waals surface area contributed by atoms with Crippen molar-refractivity contribution in [2.45, 2.75) is 13.8 Å². The van der Waals surface area contributed by atoms with Crippen molar-refractivity contribution in [2.24, 2.45) is 0 Å². The van der Waals surface area contributed by atoms with Crippen LogP contribution in [0.15, 0.2) is 48.5 Å². The Morgan fingerprint density at radius 1 is 0.621 bits per heavy atom. The van der Waals surface area contributed by atoms with Gasteiger partial charge in [-0.1, -0.05) is 24.3 Å². The molecule has 0 amide bonds. The van der Waals surface area contributed by atoms with Crippen LogP contribution in [-0.4, -0.2) is 37.1 Å². The van der Waals surface area contributed by atoms with Crippen molar-refractivity contribution >= 4 is 23.9 Å². The van der Waals surface area contributed by atoms with Gasteiger partial charge in [0, 0.05) is 0 Å². The fraction of sp³-hybridized carbons (Fsp3) is 0.200. The predicted molar refractivity (Wildman–Crippen MR) is 93.5 cm³/mol. The quantitative estimate of drug-likeness (QED) is 0.456. The minimum Gasteiger partial charge on any atom is -0.545 e. The monoisotopic (exact) mass is 450 g/mol. The largest absolute Gasteiger partial charge is 2.00 e. The molecule has 2 aromatic carbocycles. The van der Waals surface area contributed by atoms with Crippen LogP contribution in [0.2, 0.25) is 0 Å². The second-order valence-corrected chi connectivity index (χ2v) is 5.17. The zero-order chi connectivity index (χ0) is 21.1. The molecular formula is C20H18O8Zn. The maximum atomic E-state index is 11.1. The summed E-state index contributed by atoms with van der Waals surface area (Å²) in [5.74, 6) is -3.45. The van der Waals surface area contributed by atoms with Gasteiger partial charge in [-0.05, 0) is 49.2 Å². The van der Waals surface area contributed by atoms with E-state index >= 15 is 0 Å². The molecule has 9 heteroatoms. The van der Waals surface area contributed by atoms with Crippen LogP contribution in [0.5, 0.6) is 0 Å². The molecule has 0 aromatic heterocycles. The Kier molecular flexibility index (Phi) is 11.8. The van der Waals surface area contributed by atoms with Crippen molar-refractivity contribution in [1.82, 2.24) is 0 Å². The molecule has 0 bridgehead atoms. The van der Waals surface area contributed by atoms with Crippen LogP contribution in [0.1, 0.15) is 55.3 Å². The molecule has 2 rings (SSSR count). The first kappa shape index (κ1) is 25.9. The van der Waals surface area contributed by atoms with Gasteiger partial charge in [-0.25, -0.2) is 9.59 Å². The van der Waals surface area contributed by atoms with Crippen LogP contribution in [0.4, 0.5) is 0 Å². The second-order valence-electron chi connectivity index (χ2n) is 5.17. The summed E-state index contributed by atoms with van der Waals surface area (Å²) in [6, 6.07) is 10.8. The van der Waals surface area contributed by atoms with Gasteiger partial charge in [0.15, 0.2) is 0 Å². The molecule has 2 aromatic rings. The van der Waals surface area contributed by atoms with E-state index in [1.54, 1.807) is 13.8 Å². The van der Waals surface area contributed by atoms with Crippen LogP contribution in [0, 0.1) is 0 Å². The zero-order valence-electron chi connectivity index (χ0n) is 16.0. The third-order valence-corrected chi connectivity index (χ3v) is 3.26. The molecule has 0 spiro atoms. The molecule has 0 aliphatic rings. The molecule has 0 saturated heterocycles. The summed E-state index contributed by atoms with van der Waals surface area (Å²) in [6.45, 7) is 3.99. The molecule has 0 aliphatic heterocycles. The van der Waals surface area contributed by atoms with E-state index in [1.807, 2.05) is 0 Å².